The molecule has 0 aliphatic carbocycles. The molecule has 1 aromatic heterocycles. The van der Waals surface area contributed by atoms with Gasteiger partial charge in [-0.3, -0.25) is 0 Å². The maximum Gasteiger partial charge on any atom is 0.343 e. The Hall–Kier alpha value is -1.07. The summed E-state index contributed by atoms with van der Waals surface area (Å²) in [5.41, 5.74) is 0. The van der Waals surface area contributed by atoms with Gasteiger partial charge in [0.15, 0.2) is 6.61 Å². The number of hydrogen-bond acceptors (Lipinski definition) is 4. The van der Waals surface area contributed by atoms with Crippen LogP contribution in [0.15, 0.2) is 6.07 Å². The highest BCUT2D eigenvalue weighted by molar-refractivity contribution is 6.35. The molecule has 0 atom stereocenters. The Balaban J connectivity index is 2.77. The van der Waals surface area contributed by atoms with E-state index in [2.05, 4.69) is 9.72 Å². The third kappa shape index (κ3) is 3.21. The molecule has 1 heterocycles. The molecule has 15 heavy (non-hydrogen) atoms. The van der Waals surface area contributed by atoms with Gasteiger partial charge in [-0.1, -0.05) is 23.2 Å². The van der Waals surface area contributed by atoms with Crippen LogP contribution in [-0.2, 0) is 9.53 Å². The molecule has 82 valence electrons. The van der Waals surface area contributed by atoms with E-state index in [-0.39, 0.29) is 15.9 Å². The van der Waals surface area contributed by atoms with E-state index in [1.54, 1.807) is 0 Å². The Kier molecular flexibility index (Phi) is 4.11. The van der Waals surface area contributed by atoms with Crippen LogP contribution in [0.1, 0.15) is 0 Å². The van der Waals surface area contributed by atoms with Crippen molar-refractivity contribution in [2.45, 2.75) is 0 Å². The van der Waals surface area contributed by atoms with E-state index in [9.17, 15) is 9.18 Å². The second-order valence-electron chi connectivity index (χ2n) is 2.41. The molecule has 0 aromatic carbocycles. The number of pyridine rings is 1. The predicted octanol–water partition coefficient (Wildman–Crippen LogP) is 2.08. The molecule has 0 fully saturated rings. The molecular weight excluding hydrogens is 248 g/mol. The molecule has 0 saturated carbocycles. The van der Waals surface area contributed by atoms with Gasteiger partial charge in [-0.15, -0.1) is 0 Å². The second kappa shape index (κ2) is 5.14. The summed E-state index contributed by atoms with van der Waals surface area (Å²) in [7, 11) is 1.20. The number of hydrogen-bond donors (Lipinski definition) is 0. The molecule has 0 aliphatic rings. The van der Waals surface area contributed by atoms with E-state index < -0.39 is 18.5 Å². The average molecular weight is 254 g/mol. The van der Waals surface area contributed by atoms with Gasteiger partial charge in [0.2, 0.25) is 11.8 Å². The van der Waals surface area contributed by atoms with Crippen molar-refractivity contribution in [1.82, 2.24) is 4.98 Å². The normalized spacial score (nSPS) is 9.87. The van der Waals surface area contributed by atoms with Gasteiger partial charge in [0.25, 0.3) is 0 Å². The van der Waals surface area contributed by atoms with Gasteiger partial charge in [0.1, 0.15) is 5.02 Å². The van der Waals surface area contributed by atoms with Gasteiger partial charge in [-0.25, -0.2) is 4.79 Å². The fraction of sp³-hybridized carbons (Fsp3) is 0.250. The number of nitrogens with zero attached hydrogens (tertiary/aromatic N) is 1. The standard InChI is InChI=1S/C8H6Cl2FNO3/c1-14-6(13)3-15-8-5(10)2-4(9)7(11)12-8/h2H,3H2,1H3. The van der Waals surface area contributed by atoms with E-state index in [0.29, 0.717) is 0 Å². The molecule has 0 amide bonds. The summed E-state index contributed by atoms with van der Waals surface area (Å²) in [5, 5.41) is -0.198. The van der Waals surface area contributed by atoms with Crippen molar-refractivity contribution in [3.63, 3.8) is 0 Å². The van der Waals surface area contributed by atoms with Crippen LogP contribution in [-0.4, -0.2) is 24.7 Å². The number of halogens is 3. The van der Waals surface area contributed by atoms with Crippen molar-refractivity contribution in [2.24, 2.45) is 0 Å². The first-order chi connectivity index (χ1) is 7.04. The van der Waals surface area contributed by atoms with E-state index in [0.717, 1.165) is 6.07 Å². The number of carbonyl (C=O) groups excluding carboxylic acids is 1. The highest BCUT2D eigenvalue weighted by atomic mass is 35.5. The Morgan fingerprint density at radius 2 is 2.20 bits per heavy atom. The van der Waals surface area contributed by atoms with E-state index >= 15 is 0 Å². The maximum absolute atomic E-state index is 12.9. The van der Waals surface area contributed by atoms with E-state index in [1.165, 1.54) is 7.11 Å². The molecule has 0 bridgehead atoms. The van der Waals surface area contributed by atoms with Crippen molar-refractivity contribution in [2.75, 3.05) is 13.7 Å². The lowest BCUT2D eigenvalue weighted by atomic mass is 10.5. The van der Waals surface area contributed by atoms with Gasteiger partial charge in [0.05, 0.1) is 12.1 Å². The lowest BCUT2D eigenvalue weighted by Gasteiger charge is -2.05. The first kappa shape index (κ1) is 12.0. The van der Waals surface area contributed by atoms with Crippen LogP contribution in [0, 0.1) is 5.95 Å². The monoisotopic (exact) mass is 253 g/mol. The summed E-state index contributed by atoms with van der Waals surface area (Å²) >= 11 is 11.0. The number of esters is 1. The van der Waals surface area contributed by atoms with E-state index in [4.69, 9.17) is 27.9 Å². The number of aromatic nitrogens is 1. The molecular formula is C8H6Cl2FNO3. The van der Waals surface area contributed by atoms with Crippen molar-refractivity contribution in [1.29, 1.82) is 0 Å². The lowest BCUT2D eigenvalue weighted by Crippen LogP contribution is -2.13. The van der Waals surface area contributed by atoms with Gasteiger partial charge in [-0.05, 0) is 6.07 Å². The SMILES string of the molecule is COC(=O)COc1nc(F)c(Cl)cc1Cl. The fourth-order valence-corrected chi connectivity index (χ4v) is 1.13. The van der Waals surface area contributed by atoms with Gasteiger partial charge in [0, 0.05) is 0 Å². The summed E-state index contributed by atoms with van der Waals surface area (Å²) < 4.78 is 22.0. The molecule has 0 radical (unpaired) electrons. The summed E-state index contributed by atoms with van der Waals surface area (Å²) in [6, 6.07) is 1.14. The minimum atomic E-state index is -0.916. The predicted molar refractivity (Wildman–Crippen MR) is 51.7 cm³/mol. The second-order valence-corrected chi connectivity index (χ2v) is 3.23. The van der Waals surface area contributed by atoms with Gasteiger partial charge < -0.3 is 9.47 Å². The molecule has 1 aromatic rings. The minimum absolute atomic E-state index is 0.0188. The fourth-order valence-electron chi connectivity index (χ4n) is 0.716. The lowest BCUT2D eigenvalue weighted by molar-refractivity contribution is -0.143. The topological polar surface area (TPSA) is 48.4 Å². The van der Waals surface area contributed by atoms with Crippen LogP contribution in [0.3, 0.4) is 0 Å². The number of carbonyl (C=O) groups is 1. The molecule has 0 spiro atoms. The van der Waals surface area contributed by atoms with Crippen molar-refractivity contribution in [3.8, 4) is 5.88 Å². The number of rotatable bonds is 3. The molecule has 0 unspecified atom stereocenters. The van der Waals surface area contributed by atoms with E-state index in [1.807, 2.05) is 0 Å². The van der Waals surface area contributed by atoms with Gasteiger partial charge in [-0.2, -0.15) is 9.37 Å². The molecule has 0 aliphatic heterocycles. The zero-order valence-corrected chi connectivity index (χ0v) is 9.10. The molecule has 0 N–H and O–H groups in total. The molecule has 0 saturated heterocycles. The number of ether oxygens (including phenoxy) is 2. The summed E-state index contributed by atoms with van der Waals surface area (Å²) in [4.78, 5) is 14.0. The number of methoxy groups -OCH3 is 1. The first-order valence-electron chi connectivity index (χ1n) is 3.75. The van der Waals surface area contributed by atoms with Crippen LogP contribution < -0.4 is 4.74 Å². The molecule has 4 nitrogen and oxygen atoms in total. The summed E-state index contributed by atoms with van der Waals surface area (Å²) in [5.74, 6) is -1.74. The molecule has 7 heteroatoms. The zero-order valence-electron chi connectivity index (χ0n) is 7.59. The summed E-state index contributed by atoms with van der Waals surface area (Å²) in [6.07, 6.45) is 0. The van der Waals surface area contributed by atoms with Crippen molar-refractivity contribution >= 4 is 29.2 Å². The largest absolute Gasteiger partial charge is 0.466 e. The smallest absolute Gasteiger partial charge is 0.343 e. The Morgan fingerprint density at radius 3 is 2.80 bits per heavy atom. The zero-order chi connectivity index (χ0) is 11.4. The van der Waals surface area contributed by atoms with Gasteiger partial charge >= 0.3 is 5.97 Å². The third-order valence-electron chi connectivity index (χ3n) is 1.41. The Morgan fingerprint density at radius 1 is 1.53 bits per heavy atom. The maximum atomic E-state index is 12.9. The third-order valence-corrected chi connectivity index (χ3v) is 1.94. The van der Waals surface area contributed by atoms with Crippen LogP contribution in [0.4, 0.5) is 4.39 Å². The highest BCUT2D eigenvalue weighted by Crippen LogP contribution is 2.26. The van der Waals surface area contributed by atoms with Crippen LogP contribution in [0.25, 0.3) is 0 Å². The van der Waals surface area contributed by atoms with Crippen LogP contribution in [0.2, 0.25) is 10.0 Å². The summed E-state index contributed by atoms with van der Waals surface area (Å²) in [6.45, 7) is -0.399. The Bertz CT molecular complexity index is 386. The first-order valence-corrected chi connectivity index (χ1v) is 4.51. The highest BCUT2D eigenvalue weighted by Gasteiger charge is 2.11. The quantitative estimate of drug-likeness (QED) is 0.612. The molecule has 1 rings (SSSR count). The average Bonchev–Trinajstić information content (AvgIpc) is 2.21. The Labute approximate surface area is 94.9 Å². The van der Waals surface area contributed by atoms with Crippen LogP contribution >= 0.6 is 23.2 Å². The van der Waals surface area contributed by atoms with Crippen LogP contribution in [0.5, 0.6) is 5.88 Å². The minimum Gasteiger partial charge on any atom is -0.466 e. The van der Waals surface area contributed by atoms with Crippen molar-refractivity contribution < 1.29 is 18.7 Å². The van der Waals surface area contributed by atoms with Crippen molar-refractivity contribution in [3.05, 3.63) is 22.1 Å².